The molecule has 0 saturated carbocycles. The van der Waals surface area contributed by atoms with Crippen LogP contribution in [0.3, 0.4) is 0 Å². The molecule has 0 aliphatic heterocycles. The first-order valence-corrected chi connectivity index (χ1v) is 6.29. The van der Waals surface area contributed by atoms with E-state index in [9.17, 15) is 8.78 Å². The molecule has 0 fully saturated rings. The highest BCUT2D eigenvalue weighted by molar-refractivity contribution is 5.82. The number of aromatic nitrogens is 2. The molecule has 0 aliphatic carbocycles. The Hall–Kier alpha value is -2.63. The molecular weight excluding hydrogens is 276 g/mol. The average molecular weight is 289 g/mol. The van der Waals surface area contributed by atoms with Crippen molar-refractivity contribution in [3.8, 4) is 11.4 Å². The van der Waals surface area contributed by atoms with Gasteiger partial charge in [0.1, 0.15) is 17.1 Å². The third kappa shape index (κ3) is 2.08. The van der Waals surface area contributed by atoms with Gasteiger partial charge in [-0.05, 0) is 30.7 Å². The number of benzene rings is 2. The molecule has 0 amide bonds. The van der Waals surface area contributed by atoms with E-state index in [-0.39, 0.29) is 11.5 Å². The van der Waals surface area contributed by atoms with E-state index in [1.165, 1.54) is 10.6 Å². The minimum absolute atomic E-state index is 0.0455. The first kappa shape index (κ1) is 13.4. The van der Waals surface area contributed by atoms with Gasteiger partial charge in [-0.1, -0.05) is 0 Å². The van der Waals surface area contributed by atoms with E-state index in [1.54, 1.807) is 19.2 Å². The zero-order chi connectivity index (χ0) is 15.1. The zero-order valence-electron chi connectivity index (χ0n) is 11.5. The second-order valence-electron chi connectivity index (χ2n) is 4.71. The van der Waals surface area contributed by atoms with Crippen molar-refractivity contribution in [1.82, 2.24) is 9.55 Å². The fraction of sp³-hybridized carbons (Fsp3) is 0.133. The number of ether oxygens (including phenoxy) is 1. The maximum absolute atomic E-state index is 13.8. The van der Waals surface area contributed by atoms with E-state index >= 15 is 0 Å². The molecule has 0 aliphatic rings. The summed E-state index contributed by atoms with van der Waals surface area (Å²) in [4.78, 5) is 3.98. The number of imidazole rings is 1. The maximum atomic E-state index is 13.8. The summed E-state index contributed by atoms with van der Waals surface area (Å²) in [6.07, 6.45) is 0. The molecule has 0 radical (unpaired) electrons. The van der Waals surface area contributed by atoms with E-state index in [1.807, 2.05) is 13.0 Å². The van der Waals surface area contributed by atoms with Gasteiger partial charge in [0.2, 0.25) is 5.95 Å². The molecule has 0 spiro atoms. The predicted molar refractivity (Wildman–Crippen MR) is 76.7 cm³/mol. The summed E-state index contributed by atoms with van der Waals surface area (Å²) in [7, 11) is 1.57. The SMILES string of the molecule is COc1ccc(-n2c(N)nc3c(F)cc(F)cc32)c(C)c1. The summed E-state index contributed by atoms with van der Waals surface area (Å²) in [6.45, 7) is 1.86. The smallest absolute Gasteiger partial charge is 0.206 e. The topological polar surface area (TPSA) is 53.1 Å². The van der Waals surface area contributed by atoms with Gasteiger partial charge in [-0.15, -0.1) is 0 Å². The number of nitrogens with zero attached hydrogens (tertiary/aromatic N) is 2. The largest absolute Gasteiger partial charge is 0.497 e. The zero-order valence-corrected chi connectivity index (χ0v) is 11.5. The fourth-order valence-electron chi connectivity index (χ4n) is 2.38. The van der Waals surface area contributed by atoms with Gasteiger partial charge in [-0.2, -0.15) is 0 Å². The van der Waals surface area contributed by atoms with Gasteiger partial charge in [0.25, 0.3) is 0 Å². The highest BCUT2D eigenvalue weighted by Crippen LogP contribution is 2.29. The van der Waals surface area contributed by atoms with E-state index in [0.29, 0.717) is 17.0 Å². The van der Waals surface area contributed by atoms with Gasteiger partial charge in [0.15, 0.2) is 5.82 Å². The fourth-order valence-corrected chi connectivity index (χ4v) is 2.38. The Labute approximate surface area is 119 Å². The lowest BCUT2D eigenvalue weighted by molar-refractivity contribution is 0.414. The molecule has 21 heavy (non-hydrogen) atoms. The van der Waals surface area contributed by atoms with Crippen molar-refractivity contribution in [3.05, 3.63) is 47.5 Å². The van der Waals surface area contributed by atoms with Crippen LogP contribution in [0.1, 0.15) is 5.56 Å². The van der Waals surface area contributed by atoms with Crippen molar-refractivity contribution in [1.29, 1.82) is 0 Å². The number of hydrogen-bond acceptors (Lipinski definition) is 3. The van der Waals surface area contributed by atoms with Gasteiger partial charge < -0.3 is 10.5 Å². The summed E-state index contributed by atoms with van der Waals surface area (Å²) in [5.41, 5.74) is 7.76. The lowest BCUT2D eigenvalue weighted by Crippen LogP contribution is -2.03. The van der Waals surface area contributed by atoms with Crippen LogP contribution in [0, 0.1) is 18.6 Å². The molecule has 3 aromatic rings. The van der Waals surface area contributed by atoms with Crippen molar-refractivity contribution in [2.45, 2.75) is 6.92 Å². The molecule has 0 bridgehead atoms. The molecule has 0 unspecified atom stereocenters. The molecule has 0 saturated heterocycles. The number of nitrogen functional groups attached to an aromatic ring is 1. The lowest BCUT2D eigenvalue weighted by Gasteiger charge is -2.11. The number of methoxy groups -OCH3 is 1. The number of halogens is 2. The summed E-state index contributed by atoms with van der Waals surface area (Å²) >= 11 is 0. The third-order valence-electron chi connectivity index (χ3n) is 3.35. The first-order chi connectivity index (χ1) is 10.0. The van der Waals surface area contributed by atoms with Crippen LogP contribution in [0.15, 0.2) is 30.3 Å². The molecule has 1 heterocycles. The standard InChI is InChI=1S/C15H13F2N3O/c1-8-5-10(21-2)3-4-12(8)20-13-7-9(16)6-11(17)14(13)19-15(20)18/h3-7H,1-2H3,(H2,18,19). The van der Waals surface area contributed by atoms with E-state index in [2.05, 4.69) is 4.98 Å². The number of fused-ring (bicyclic) bond motifs is 1. The van der Waals surface area contributed by atoms with E-state index in [0.717, 1.165) is 11.6 Å². The van der Waals surface area contributed by atoms with Crippen LogP contribution >= 0.6 is 0 Å². The highest BCUT2D eigenvalue weighted by Gasteiger charge is 2.16. The van der Waals surface area contributed by atoms with Crippen LogP contribution < -0.4 is 10.5 Å². The normalized spacial score (nSPS) is 11.0. The average Bonchev–Trinajstić information content (AvgIpc) is 2.75. The first-order valence-electron chi connectivity index (χ1n) is 6.29. The second kappa shape index (κ2) is 4.73. The predicted octanol–water partition coefficient (Wildman–Crippen LogP) is 3.20. The van der Waals surface area contributed by atoms with Gasteiger partial charge >= 0.3 is 0 Å². The third-order valence-corrected chi connectivity index (χ3v) is 3.35. The molecular formula is C15H13F2N3O. The van der Waals surface area contributed by atoms with Crippen LogP contribution in [0.2, 0.25) is 0 Å². The summed E-state index contributed by atoms with van der Waals surface area (Å²) in [5.74, 6) is -0.617. The number of rotatable bonds is 2. The molecule has 2 N–H and O–H groups in total. The minimum atomic E-state index is -0.735. The second-order valence-corrected chi connectivity index (χ2v) is 4.71. The molecule has 0 atom stereocenters. The van der Waals surface area contributed by atoms with E-state index in [4.69, 9.17) is 10.5 Å². The summed E-state index contributed by atoms with van der Waals surface area (Å²) in [5, 5.41) is 0. The number of hydrogen-bond donors (Lipinski definition) is 1. The van der Waals surface area contributed by atoms with Crippen LogP contribution in [-0.4, -0.2) is 16.7 Å². The number of nitrogens with two attached hydrogens (primary N) is 1. The Kier molecular flexibility index (Phi) is 3.01. The van der Waals surface area contributed by atoms with Crippen molar-refractivity contribution < 1.29 is 13.5 Å². The number of aryl methyl sites for hydroxylation is 1. The maximum Gasteiger partial charge on any atom is 0.206 e. The highest BCUT2D eigenvalue weighted by atomic mass is 19.1. The molecule has 6 heteroatoms. The van der Waals surface area contributed by atoms with Crippen LogP contribution in [0.4, 0.5) is 14.7 Å². The van der Waals surface area contributed by atoms with Gasteiger partial charge in [0.05, 0.1) is 18.3 Å². The van der Waals surface area contributed by atoms with Gasteiger partial charge in [-0.25, -0.2) is 13.8 Å². The van der Waals surface area contributed by atoms with Crippen molar-refractivity contribution in [3.63, 3.8) is 0 Å². The molecule has 1 aromatic heterocycles. The summed E-state index contributed by atoms with van der Waals surface area (Å²) < 4.78 is 33.9. The van der Waals surface area contributed by atoms with Gasteiger partial charge in [-0.3, -0.25) is 4.57 Å². The quantitative estimate of drug-likeness (QED) is 0.788. The molecule has 2 aromatic carbocycles. The lowest BCUT2D eigenvalue weighted by atomic mass is 10.2. The Bertz CT molecular complexity index is 843. The van der Waals surface area contributed by atoms with Gasteiger partial charge in [0, 0.05) is 12.1 Å². The van der Waals surface area contributed by atoms with Crippen molar-refractivity contribution in [2.75, 3.05) is 12.8 Å². The van der Waals surface area contributed by atoms with Crippen LogP contribution in [0.25, 0.3) is 16.7 Å². The monoisotopic (exact) mass is 289 g/mol. The Morgan fingerprint density at radius 1 is 1.19 bits per heavy atom. The molecule has 4 nitrogen and oxygen atoms in total. The molecule has 108 valence electrons. The van der Waals surface area contributed by atoms with Crippen molar-refractivity contribution >= 4 is 17.0 Å². The summed E-state index contributed by atoms with van der Waals surface area (Å²) in [6, 6.07) is 7.35. The minimum Gasteiger partial charge on any atom is -0.497 e. The van der Waals surface area contributed by atoms with Crippen LogP contribution in [-0.2, 0) is 0 Å². The number of anilines is 1. The van der Waals surface area contributed by atoms with E-state index < -0.39 is 11.6 Å². The van der Waals surface area contributed by atoms with Crippen LogP contribution in [0.5, 0.6) is 5.75 Å². The molecule has 3 rings (SSSR count). The Balaban J connectivity index is 2.32. The Morgan fingerprint density at radius 3 is 2.62 bits per heavy atom. The van der Waals surface area contributed by atoms with Crippen molar-refractivity contribution in [2.24, 2.45) is 0 Å². The Morgan fingerprint density at radius 2 is 1.95 bits per heavy atom.